The number of hydrogen-bond donors (Lipinski definition) is 1. The molecule has 0 saturated heterocycles. The van der Waals surface area contributed by atoms with E-state index in [-0.39, 0.29) is 10.8 Å². The van der Waals surface area contributed by atoms with Crippen LogP contribution in [0.3, 0.4) is 0 Å². The molecule has 3 aromatic rings. The minimum atomic E-state index is -3.82. The molecular formula is C19H21N3O4S3. The minimum Gasteiger partial charge on any atom is -0.380 e. The normalized spacial score (nSPS) is 12.6. The Kier molecular flexibility index (Phi) is 6.91. The molecule has 2 aromatic carbocycles. The summed E-state index contributed by atoms with van der Waals surface area (Å²) >= 11 is 2.83. The van der Waals surface area contributed by atoms with Gasteiger partial charge in [0.25, 0.3) is 5.91 Å². The van der Waals surface area contributed by atoms with E-state index in [4.69, 9.17) is 9.88 Å². The van der Waals surface area contributed by atoms with Crippen molar-refractivity contribution in [2.45, 2.75) is 23.3 Å². The van der Waals surface area contributed by atoms with E-state index in [0.29, 0.717) is 34.8 Å². The Morgan fingerprint density at radius 3 is 2.59 bits per heavy atom. The Morgan fingerprint density at radius 2 is 1.97 bits per heavy atom. The van der Waals surface area contributed by atoms with Gasteiger partial charge in [-0.2, -0.15) is 4.99 Å². The molecule has 2 N–H and O–H groups in total. The van der Waals surface area contributed by atoms with Gasteiger partial charge in [-0.3, -0.25) is 4.79 Å². The third kappa shape index (κ3) is 5.14. The highest BCUT2D eigenvalue weighted by Crippen LogP contribution is 2.22. The van der Waals surface area contributed by atoms with E-state index < -0.39 is 10.0 Å². The first kappa shape index (κ1) is 21.7. The van der Waals surface area contributed by atoms with Crippen molar-refractivity contribution in [2.24, 2.45) is 10.1 Å². The van der Waals surface area contributed by atoms with Crippen LogP contribution in [0, 0.1) is 0 Å². The number of amides is 1. The van der Waals surface area contributed by atoms with Gasteiger partial charge in [-0.05, 0) is 55.6 Å². The molecule has 0 atom stereocenters. The number of sulfonamides is 1. The summed E-state index contributed by atoms with van der Waals surface area (Å²) in [6.07, 6.45) is 1.97. The second-order valence-electron chi connectivity index (χ2n) is 6.05. The van der Waals surface area contributed by atoms with Crippen LogP contribution in [0.25, 0.3) is 10.2 Å². The number of thioether (sulfide) groups is 1. The fraction of sp³-hybridized carbons (Fsp3) is 0.263. The quantitative estimate of drug-likeness (QED) is 0.439. The number of primary sulfonamides is 1. The van der Waals surface area contributed by atoms with Crippen molar-refractivity contribution in [3.63, 3.8) is 0 Å². The predicted molar refractivity (Wildman–Crippen MR) is 116 cm³/mol. The number of ether oxygens (including phenoxy) is 1. The lowest BCUT2D eigenvalue weighted by Crippen LogP contribution is -2.19. The van der Waals surface area contributed by atoms with Gasteiger partial charge in [0.1, 0.15) is 0 Å². The van der Waals surface area contributed by atoms with Crippen molar-refractivity contribution in [1.82, 2.24) is 4.57 Å². The van der Waals surface area contributed by atoms with Gasteiger partial charge in [0.2, 0.25) is 10.0 Å². The highest BCUT2D eigenvalue weighted by molar-refractivity contribution is 7.98. The van der Waals surface area contributed by atoms with E-state index in [0.717, 1.165) is 10.4 Å². The summed E-state index contributed by atoms with van der Waals surface area (Å²) in [7, 11) is -3.82. The number of carbonyl (C=O) groups is 1. The molecule has 0 aliphatic rings. The molecule has 29 heavy (non-hydrogen) atoms. The van der Waals surface area contributed by atoms with Crippen LogP contribution < -0.4 is 9.94 Å². The maximum absolute atomic E-state index is 12.7. The second kappa shape index (κ2) is 9.23. The van der Waals surface area contributed by atoms with Crippen molar-refractivity contribution >= 4 is 49.2 Å². The summed E-state index contributed by atoms with van der Waals surface area (Å²) in [5.41, 5.74) is 1.26. The van der Waals surface area contributed by atoms with Crippen molar-refractivity contribution in [1.29, 1.82) is 0 Å². The van der Waals surface area contributed by atoms with E-state index in [1.54, 1.807) is 30.0 Å². The molecule has 0 radical (unpaired) electrons. The average molecular weight is 452 g/mol. The lowest BCUT2D eigenvalue weighted by atomic mass is 10.2. The Balaban J connectivity index is 2.08. The van der Waals surface area contributed by atoms with Crippen LogP contribution in [0.15, 0.2) is 57.2 Å². The molecule has 3 rings (SSSR count). The monoisotopic (exact) mass is 451 g/mol. The van der Waals surface area contributed by atoms with Crippen LogP contribution in [-0.4, -0.2) is 38.4 Å². The van der Waals surface area contributed by atoms with Gasteiger partial charge < -0.3 is 9.30 Å². The van der Waals surface area contributed by atoms with E-state index >= 15 is 0 Å². The smallest absolute Gasteiger partial charge is 0.279 e. The number of rotatable bonds is 7. The van der Waals surface area contributed by atoms with E-state index in [1.165, 1.54) is 23.5 Å². The predicted octanol–water partition coefficient (Wildman–Crippen LogP) is 2.85. The first-order valence-electron chi connectivity index (χ1n) is 8.80. The molecular weight excluding hydrogens is 430 g/mol. The number of nitrogens with zero attached hydrogens (tertiary/aromatic N) is 2. The summed E-state index contributed by atoms with van der Waals surface area (Å²) in [6, 6.07) is 11.9. The Labute approximate surface area is 177 Å². The van der Waals surface area contributed by atoms with Gasteiger partial charge in [0, 0.05) is 23.6 Å². The number of benzene rings is 2. The van der Waals surface area contributed by atoms with Gasteiger partial charge in [-0.15, -0.1) is 11.8 Å². The molecule has 1 aromatic heterocycles. The summed E-state index contributed by atoms with van der Waals surface area (Å²) in [6.45, 7) is 3.41. The SMILES string of the molecule is CCOCCn1c(=NC(=O)c2ccc(SC)cc2)sc2cc(S(N)(=O)=O)ccc21. The molecule has 154 valence electrons. The van der Waals surface area contributed by atoms with E-state index in [9.17, 15) is 13.2 Å². The molecule has 10 heteroatoms. The van der Waals surface area contributed by atoms with E-state index in [1.807, 2.05) is 29.9 Å². The summed E-state index contributed by atoms with van der Waals surface area (Å²) in [4.78, 5) is 18.5. The number of nitrogens with two attached hydrogens (primary N) is 1. The van der Waals surface area contributed by atoms with Crippen LogP contribution in [0.2, 0.25) is 0 Å². The molecule has 0 saturated carbocycles. The fourth-order valence-corrected chi connectivity index (χ4v) is 4.83. The Bertz CT molecular complexity index is 1200. The van der Waals surface area contributed by atoms with Gasteiger partial charge >= 0.3 is 0 Å². The van der Waals surface area contributed by atoms with Crippen LogP contribution in [0.4, 0.5) is 0 Å². The van der Waals surface area contributed by atoms with Crippen molar-refractivity contribution in [2.75, 3.05) is 19.5 Å². The average Bonchev–Trinajstić information content (AvgIpc) is 3.04. The molecule has 0 bridgehead atoms. The maximum Gasteiger partial charge on any atom is 0.279 e. The molecule has 0 fully saturated rings. The van der Waals surface area contributed by atoms with Crippen molar-refractivity contribution < 1.29 is 17.9 Å². The molecule has 0 aliphatic carbocycles. The van der Waals surface area contributed by atoms with Crippen molar-refractivity contribution in [3.05, 3.63) is 52.8 Å². The van der Waals surface area contributed by atoms with Crippen molar-refractivity contribution in [3.8, 4) is 0 Å². The molecule has 0 spiro atoms. The molecule has 0 unspecified atom stereocenters. The number of fused-ring (bicyclic) bond motifs is 1. The molecule has 1 amide bonds. The number of aromatic nitrogens is 1. The zero-order valence-corrected chi connectivity index (χ0v) is 18.4. The summed E-state index contributed by atoms with van der Waals surface area (Å²) < 4.78 is 31.3. The first-order valence-corrected chi connectivity index (χ1v) is 12.4. The van der Waals surface area contributed by atoms with Gasteiger partial charge in [-0.25, -0.2) is 13.6 Å². The fourth-order valence-electron chi connectivity index (χ4n) is 2.72. The lowest BCUT2D eigenvalue weighted by molar-refractivity contribution is 0.0996. The Morgan fingerprint density at radius 1 is 1.24 bits per heavy atom. The topological polar surface area (TPSA) is 104 Å². The third-order valence-electron chi connectivity index (χ3n) is 4.18. The Hall–Kier alpha value is -1.98. The van der Waals surface area contributed by atoms with Crippen LogP contribution >= 0.6 is 23.1 Å². The number of thiazole rings is 1. The molecule has 1 heterocycles. The minimum absolute atomic E-state index is 0.0220. The highest BCUT2D eigenvalue weighted by atomic mass is 32.2. The second-order valence-corrected chi connectivity index (χ2v) is 9.50. The number of hydrogen-bond acceptors (Lipinski definition) is 6. The highest BCUT2D eigenvalue weighted by Gasteiger charge is 2.13. The first-order chi connectivity index (χ1) is 13.8. The standard InChI is InChI=1S/C19H21N3O4S3/c1-3-26-11-10-22-16-9-8-15(29(20,24)25)12-17(16)28-19(22)21-18(23)13-4-6-14(27-2)7-5-13/h4-9,12H,3,10-11H2,1-2H3,(H2,20,24,25). The van der Waals surface area contributed by atoms with Gasteiger partial charge in [-0.1, -0.05) is 11.3 Å². The van der Waals surface area contributed by atoms with Crippen LogP contribution in [0.1, 0.15) is 17.3 Å². The summed E-state index contributed by atoms with van der Waals surface area (Å²) in [5.74, 6) is -0.360. The van der Waals surface area contributed by atoms with Crippen LogP contribution in [0.5, 0.6) is 0 Å². The third-order valence-corrected chi connectivity index (χ3v) is 6.88. The van der Waals surface area contributed by atoms with Gasteiger partial charge in [0.15, 0.2) is 4.80 Å². The van der Waals surface area contributed by atoms with E-state index in [2.05, 4.69) is 4.99 Å². The maximum atomic E-state index is 12.7. The zero-order valence-electron chi connectivity index (χ0n) is 16.0. The summed E-state index contributed by atoms with van der Waals surface area (Å²) in [5, 5.41) is 5.24. The lowest BCUT2D eigenvalue weighted by Gasteiger charge is -2.06. The number of carbonyl (C=O) groups excluding carboxylic acids is 1. The molecule has 7 nitrogen and oxygen atoms in total. The largest absolute Gasteiger partial charge is 0.380 e. The molecule has 0 aliphatic heterocycles. The zero-order chi connectivity index (χ0) is 21.0. The van der Waals surface area contributed by atoms with Gasteiger partial charge in [0.05, 0.1) is 21.7 Å². The van der Waals surface area contributed by atoms with Crippen LogP contribution in [-0.2, 0) is 21.3 Å².